The van der Waals surface area contributed by atoms with E-state index in [1.165, 1.54) is 54.8 Å². The van der Waals surface area contributed by atoms with Crippen LogP contribution < -0.4 is 16.0 Å². The first-order valence-corrected chi connectivity index (χ1v) is 14.6. The summed E-state index contributed by atoms with van der Waals surface area (Å²) >= 11 is 1.49. The van der Waals surface area contributed by atoms with Gasteiger partial charge in [0.15, 0.2) is 0 Å². The normalized spacial score (nSPS) is 19.0. The molecular formula is C26H34N6O8S. The lowest BCUT2D eigenvalue weighted by molar-refractivity contribution is -0.384. The van der Waals surface area contributed by atoms with Crippen LogP contribution in [0, 0.1) is 10.1 Å². The minimum atomic E-state index is -1.07. The van der Waals surface area contributed by atoms with Crippen molar-refractivity contribution >= 4 is 58.6 Å². The van der Waals surface area contributed by atoms with Gasteiger partial charge in [-0.15, -0.1) is 0 Å². The molecule has 0 saturated carbocycles. The average Bonchev–Trinajstić information content (AvgIpc) is 3.56. The lowest BCUT2D eigenvalue weighted by Gasteiger charge is -2.29. The number of thioether (sulfide) groups is 1. The van der Waals surface area contributed by atoms with Gasteiger partial charge in [-0.3, -0.25) is 43.8 Å². The first-order valence-electron chi connectivity index (χ1n) is 13.2. The van der Waals surface area contributed by atoms with E-state index < -0.39 is 64.5 Å². The van der Waals surface area contributed by atoms with Crippen molar-refractivity contribution in [3.63, 3.8) is 0 Å². The number of amides is 6. The molecule has 2 saturated heterocycles. The summed E-state index contributed by atoms with van der Waals surface area (Å²) in [5.74, 6) is -2.50. The highest BCUT2D eigenvalue weighted by atomic mass is 32.2. The molecular weight excluding hydrogens is 556 g/mol. The van der Waals surface area contributed by atoms with Gasteiger partial charge in [0.25, 0.3) is 5.69 Å². The molecule has 41 heavy (non-hydrogen) atoms. The molecule has 0 radical (unpaired) electrons. The molecule has 0 spiro atoms. The van der Waals surface area contributed by atoms with Gasteiger partial charge in [0.2, 0.25) is 35.4 Å². The summed E-state index contributed by atoms with van der Waals surface area (Å²) in [5, 5.41) is 18.8. The van der Waals surface area contributed by atoms with Crippen LogP contribution in [0.15, 0.2) is 24.3 Å². The summed E-state index contributed by atoms with van der Waals surface area (Å²) < 4.78 is 0. The summed E-state index contributed by atoms with van der Waals surface area (Å²) in [4.78, 5) is 88.7. The van der Waals surface area contributed by atoms with E-state index in [0.29, 0.717) is 30.7 Å². The van der Waals surface area contributed by atoms with Gasteiger partial charge in [-0.25, -0.2) is 0 Å². The average molecular weight is 591 g/mol. The van der Waals surface area contributed by atoms with Gasteiger partial charge in [-0.1, -0.05) is 0 Å². The van der Waals surface area contributed by atoms with E-state index in [1.807, 2.05) is 6.26 Å². The molecule has 14 nitrogen and oxygen atoms in total. The Balaban J connectivity index is 1.62. The highest BCUT2D eigenvalue weighted by molar-refractivity contribution is 7.98. The number of nitrogens with zero attached hydrogens (tertiary/aromatic N) is 3. The molecule has 0 aliphatic carbocycles. The predicted molar refractivity (Wildman–Crippen MR) is 150 cm³/mol. The van der Waals surface area contributed by atoms with Gasteiger partial charge in [-0.05, 0) is 57.3 Å². The second kappa shape index (κ2) is 14.1. The molecule has 222 valence electrons. The van der Waals surface area contributed by atoms with Crippen LogP contribution in [-0.4, -0.2) is 92.9 Å². The number of hydrogen-bond acceptors (Lipinski definition) is 9. The molecule has 0 unspecified atom stereocenters. The van der Waals surface area contributed by atoms with Crippen molar-refractivity contribution in [3.05, 3.63) is 34.4 Å². The number of nitrogens with one attached hydrogen (secondary N) is 3. The number of imide groups is 1. The quantitative estimate of drug-likeness (QED) is 0.180. The fourth-order valence-corrected chi connectivity index (χ4v) is 5.23. The van der Waals surface area contributed by atoms with E-state index in [2.05, 4.69) is 16.0 Å². The fourth-order valence-electron chi connectivity index (χ4n) is 4.76. The molecule has 3 rings (SSSR count). The first-order chi connectivity index (χ1) is 19.4. The Morgan fingerprint density at radius 2 is 1.68 bits per heavy atom. The number of likely N-dealkylation sites (tertiary alicyclic amines) is 2. The van der Waals surface area contributed by atoms with Crippen molar-refractivity contribution < 1.29 is 33.7 Å². The second-order valence-electron chi connectivity index (χ2n) is 9.89. The van der Waals surface area contributed by atoms with E-state index >= 15 is 0 Å². The first kappa shape index (κ1) is 31.5. The topological polar surface area (TPSA) is 188 Å². The maximum absolute atomic E-state index is 13.3. The Bertz CT molecular complexity index is 1190. The monoisotopic (exact) mass is 590 g/mol. The zero-order valence-corrected chi connectivity index (χ0v) is 23.9. The lowest BCUT2D eigenvalue weighted by Crippen LogP contribution is -2.57. The molecule has 3 N–H and O–H groups in total. The van der Waals surface area contributed by atoms with Gasteiger partial charge in [-0.2, -0.15) is 11.8 Å². The summed E-state index contributed by atoms with van der Waals surface area (Å²) in [6.45, 7) is 3.16. The zero-order valence-electron chi connectivity index (χ0n) is 23.1. The Morgan fingerprint density at radius 1 is 1.05 bits per heavy atom. The second-order valence-corrected chi connectivity index (χ2v) is 10.9. The van der Waals surface area contributed by atoms with Crippen molar-refractivity contribution in [2.45, 2.75) is 70.1 Å². The van der Waals surface area contributed by atoms with Gasteiger partial charge in [0.1, 0.15) is 24.2 Å². The standard InChI is InChI=1S/C26H34N6O8S/c1-15(27-23(35)16(2)31-21(33)10-11-22(31)34)26(38)30-13-4-5-20(30)25(37)29-19(12-14-41-3)24(36)28-17-6-8-18(9-7-17)32(39)40/h6-9,15-16,19-20H,4-5,10-14H2,1-3H3,(H,27,35)(H,28,36)(H,29,37)/t15-,16-,19-,20-/m0/s1. The number of nitro benzene ring substituents is 1. The third-order valence-electron chi connectivity index (χ3n) is 7.01. The number of anilines is 1. The van der Waals surface area contributed by atoms with Crippen molar-refractivity contribution in [3.8, 4) is 0 Å². The van der Waals surface area contributed by atoms with Crippen LogP contribution in [0.1, 0.15) is 46.0 Å². The molecule has 2 aliphatic heterocycles. The van der Waals surface area contributed by atoms with Crippen LogP contribution in [0.3, 0.4) is 0 Å². The summed E-state index contributed by atoms with van der Waals surface area (Å²) in [5.41, 5.74) is 0.205. The van der Waals surface area contributed by atoms with E-state index in [4.69, 9.17) is 0 Å². The smallest absolute Gasteiger partial charge is 0.269 e. The van der Waals surface area contributed by atoms with Crippen LogP contribution in [0.5, 0.6) is 0 Å². The van der Waals surface area contributed by atoms with Gasteiger partial charge in [0, 0.05) is 37.2 Å². The number of hydrogen-bond donors (Lipinski definition) is 3. The van der Waals surface area contributed by atoms with Crippen LogP contribution in [-0.2, 0) is 28.8 Å². The van der Waals surface area contributed by atoms with E-state index in [9.17, 15) is 38.9 Å². The van der Waals surface area contributed by atoms with Crippen LogP contribution >= 0.6 is 11.8 Å². The molecule has 1 aromatic carbocycles. The van der Waals surface area contributed by atoms with E-state index in [1.54, 1.807) is 0 Å². The third kappa shape index (κ3) is 7.80. The number of benzene rings is 1. The van der Waals surface area contributed by atoms with Gasteiger partial charge in [0.05, 0.1) is 4.92 Å². The van der Waals surface area contributed by atoms with Gasteiger partial charge >= 0.3 is 0 Å². The van der Waals surface area contributed by atoms with Gasteiger partial charge < -0.3 is 20.9 Å². The summed E-state index contributed by atoms with van der Waals surface area (Å²) in [6.07, 6.45) is 3.16. The highest BCUT2D eigenvalue weighted by Crippen LogP contribution is 2.21. The van der Waals surface area contributed by atoms with E-state index in [-0.39, 0.29) is 25.1 Å². The zero-order chi connectivity index (χ0) is 30.3. The predicted octanol–water partition coefficient (Wildman–Crippen LogP) is 0.804. The number of non-ortho nitro benzene ring substituents is 1. The number of carbonyl (C=O) groups excluding carboxylic acids is 6. The Kier molecular flexibility index (Phi) is 10.8. The summed E-state index contributed by atoms with van der Waals surface area (Å²) in [6, 6.07) is 1.44. The van der Waals surface area contributed by atoms with Crippen molar-refractivity contribution in [2.24, 2.45) is 0 Å². The molecule has 2 heterocycles. The number of rotatable bonds is 12. The molecule has 0 aromatic heterocycles. The minimum absolute atomic E-state index is 0.0410. The Morgan fingerprint density at radius 3 is 2.27 bits per heavy atom. The number of nitro groups is 1. The molecule has 2 aliphatic rings. The Labute approximate surface area is 241 Å². The van der Waals surface area contributed by atoms with Crippen molar-refractivity contribution in [1.29, 1.82) is 0 Å². The highest BCUT2D eigenvalue weighted by Gasteiger charge is 2.40. The van der Waals surface area contributed by atoms with Crippen molar-refractivity contribution in [2.75, 3.05) is 23.9 Å². The molecule has 4 atom stereocenters. The third-order valence-corrected chi connectivity index (χ3v) is 7.66. The van der Waals surface area contributed by atoms with Crippen LogP contribution in [0.25, 0.3) is 0 Å². The summed E-state index contributed by atoms with van der Waals surface area (Å²) in [7, 11) is 0. The molecule has 1 aromatic rings. The van der Waals surface area contributed by atoms with Crippen LogP contribution in [0.2, 0.25) is 0 Å². The SMILES string of the molecule is CSCC[C@H](NC(=O)[C@@H]1CCCN1C(=O)[C@H](C)NC(=O)[C@H](C)N1C(=O)CCC1=O)C(=O)Nc1ccc([N+](=O)[O-])cc1. The molecule has 6 amide bonds. The fraction of sp³-hybridized carbons (Fsp3) is 0.538. The Hall–Kier alpha value is -4.01. The number of carbonyl (C=O) groups is 6. The lowest BCUT2D eigenvalue weighted by atomic mass is 10.1. The largest absolute Gasteiger partial charge is 0.343 e. The maximum atomic E-state index is 13.3. The molecule has 2 fully saturated rings. The molecule has 0 bridgehead atoms. The minimum Gasteiger partial charge on any atom is -0.343 e. The van der Waals surface area contributed by atoms with E-state index in [0.717, 1.165) is 4.90 Å². The molecule has 15 heteroatoms. The van der Waals surface area contributed by atoms with Crippen LogP contribution in [0.4, 0.5) is 11.4 Å². The van der Waals surface area contributed by atoms with Crippen molar-refractivity contribution in [1.82, 2.24) is 20.4 Å². The maximum Gasteiger partial charge on any atom is 0.269 e.